The number of rotatable bonds is 4. The summed E-state index contributed by atoms with van der Waals surface area (Å²) in [5, 5.41) is 7.19. The minimum atomic E-state index is -1.33. The number of primary amides is 1. The first kappa shape index (κ1) is 21.6. The molecule has 2 atom stereocenters. The summed E-state index contributed by atoms with van der Waals surface area (Å²) in [7, 11) is 0. The molecule has 0 radical (unpaired) electrons. The van der Waals surface area contributed by atoms with E-state index in [9.17, 15) is 0 Å². The predicted octanol–water partition coefficient (Wildman–Crippen LogP) is 2.78. The molecule has 2 unspecified atom stereocenters. The highest BCUT2D eigenvalue weighted by Crippen LogP contribution is 2.01. The van der Waals surface area contributed by atoms with Crippen LogP contribution in [-0.2, 0) is 12.8 Å². The molecule has 1 amide bonds. The number of hydrogen-bond donors (Lipinski definition) is 4. The molecule has 0 heterocycles. The highest BCUT2D eigenvalue weighted by molar-refractivity contribution is 5.61. The number of carbonyl (C=O) groups is 1. The van der Waals surface area contributed by atoms with Crippen molar-refractivity contribution in [1.82, 2.24) is 0 Å². The highest BCUT2D eigenvalue weighted by atomic mass is 16.4. The molecule has 0 fully saturated rings. The summed E-state index contributed by atoms with van der Waals surface area (Å²) in [6, 6.07) is 21.1. The van der Waals surface area contributed by atoms with Crippen molar-refractivity contribution >= 4 is 6.09 Å². The molecule has 24 heavy (non-hydrogen) atoms. The summed E-state index contributed by atoms with van der Waals surface area (Å²) in [4.78, 5) is 8.78. The standard InChI is InChI=1S/2C9H13N.CH3NO2/c2*1-8(10)7-9-5-3-2-4-6-9;2-1(3)4/h2*2-6,8H,7,10H2,1H3;2H2,(H,3,4). The average molecular weight is 331 g/mol. The Kier molecular flexibility index (Phi) is 11.8. The van der Waals surface area contributed by atoms with E-state index in [4.69, 9.17) is 21.4 Å². The second-order valence-electron chi connectivity index (χ2n) is 5.67. The Morgan fingerprint density at radius 2 is 1.08 bits per heavy atom. The van der Waals surface area contributed by atoms with Gasteiger partial charge >= 0.3 is 6.09 Å². The van der Waals surface area contributed by atoms with Crippen LogP contribution in [0.5, 0.6) is 0 Å². The van der Waals surface area contributed by atoms with E-state index in [2.05, 4.69) is 30.0 Å². The van der Waals surface area contributed by atoms with E-state index in [0.717, 1.165) is 12.8 Å². The topological polar surface area (TPSA) is 115 Å². The average Bonchev–Trinajstić information content (AvgIpc) is 2.48. The molecule has 7 N–H and O–H groups in total. The highest BCUT2D eigenvalue weighted by Gasteiger charge is 1.95. The van der Waals surface area contributed by atoms with Crippen LogP contribution in [0.15, 0.2) is 60.7 Å². The second-order valence-corrected chi connectivity index (χ2v) is 5.67. The van der Waals surface area contributed by atoms with Crippen LogP contribution in [0, 0.1) is 0 Å². The zero-order valence-corrected chi connectivity index (χ0v) is 14.4. The molecule has 0 saturated heterocycles. The number of hydrogen-bond acceptors (Lipinski definition) is 3. The van der Waals surface area contributed by atoms with Gasteiger partial charge in [-0.1, -0.05) is 60.7 Å². The largest absolute Gasteiger partial charge is 0.465 e. The summed E-state index contributed by atoms with van der Waals surface area (Å²) in [6.07, 6.45) is 0.613. The molecule has 5 nitrogen and oxygen atoms in total. The molecule has 2 aromatic carbocycles. The minimum absolute atomic E-state index is 0.266. The summed E-state index contributed by atoms with van der Waals surface area (Å²) >= 11 is 0. The fourth-order valence-corrected chi connectivity index (χ4v) is 1.97. The molecule has 2 rings (SSSR count). The molecule has 132 valence electrons. The van der Waals surface area contributed by atoms with Crippen molar-refractivity contribution in [1.29, 1.82) is 0 Å². The van der Waals surface area contributed by atoms with Gasteiger partial charge in [-0.25, -0.2) is 4.79 Å². The zero-order chi connectivity index (χ0) is 18.4. The fraction of sp³-hybridized carbons (Fsp3) is 0.316. The van der Waals surface area contributed by atoms with Gasteiger partial charge in [-0.05, 0) is 37.8 Å². The van der Waals surface area contributed by atoms with E-state index >= 15 is 0 Å². The first-order valence-electron chi connectivity index (χ1n) is 7.88. The van der Waals surface area contributed by atoms with Gasteiger partial charge in [0.25, 0.3) is 0 Å². The van der Waals surface area contributed by atoms with Crippen LogP contribution in [0.4, 0.5) is 4.79 Å². The second kappa shape index (κ2) is 13.1. The maximum absolute atomic E-state index is 8.78. The van der Waals surface area contributed by atoms with Crippen LogP contribution in [-0.4, -0.2) is 23.3 Å². The van der Waals surface area contributed by atoms with Gasteiger partial charge in [0.15, 0.2) is 0 Å². The third-order valence-electron chi connectivity index (χ3n) is 2.80. The van der Waals surface area contributed by atoms with Gasteiger partial charge in [0.2, 0.25) is 0 Å². The first-order chi connectivity index (χ1) is 11.3. The van der Waals surface area contributed by atoms with Crippen LogP contribution in [0.1, 0.15) is 25.0 Å². The van der Waals surface area contributed by atoms with E-state index < -0.39 is 6.09 Å². The van der Waals surface area contributed by atoms with Crippen LogP contribution in [0.3, 0.4) is 0 Å². The van der Waals surface area contributed by atoms with Gasteiger partial charge in [0, 0.05) is 12.1 Å². The summed E-state index contributed by atoms with van der Waals surface area (Å²) < 4.78 is 0. The molecule has 0 aliphatic heterocycles. The maximum atomic E-state index is 8.78. The normalized spacial score (nSPS) is 11.8. The Morgan fingerprint density at radius 1 is 0.833 bits per heavy atom. The number of nitrogens with two attached hydrogens (primary N) is 3. The van der Waals surface area contributed by atoms with Crippen molar-refractivity contribution in [2.45, 2.75) is 38.8 Å². The van der Waals surface area contributed by atoms with Crippen molar-refractivity contribution in [2.24, 2.45) is 17.2 Å². The Hall–Kier alpha value is -2.37. The predicted molar refractivity (Wildman–Crippen MR) is 99.8 cm³/mol. The third kappa shape index (κ3) is 14.6. The Balaban J connectivity index is 0.000000363. The molecule has 0 aromatic heterocycles. The van der Waals surface area contributed by atoms with E-state index in [-0.39, 0.29) is 12.1 Å². The zero-order valence-electron chi connectivity index (χ0n) is 14.4. The van der Waals surface area contributed by atoms with Crippen LogP contribution in [0.25, 0.3) is 0 Å². The molecular weight excluding hydrogens is 302 g/mol. The van der Waals surface area contributed by atoms with E-state index in [1.54, 1.807) is 0 Å². The molecular formula is C19H29N3O2. The third-order valence-corrected chi connectivity index (χ3v) is 2.80. The SMILES string of the molecule is CC(N)Cc1ccccc1.CC(N)Cc1ccccc1.NC(=O)O. The molecule has 0 bridgehead atoms. The smallest absolute Gasteiger partial charge is 0.402 e. The van der Waals surface area contributed by atoms with Crippen molar-refractivity contribution in [3.63, 3.8) is 0 Å². The molecule has 0 aliphatic rings. The number of amides is 1. The lowest BCUT2D eigenvalue weighted by Gasteiger charge is -2.02. The van der Waals surface area contributed by atoms with Crippen LogP contribution < -0.4 is 17.2 Å². The van der Waals surface area contributed by atoms with Crippen molar-refractivity contribution in [2.75, 3.05) is 0 Å². The fourth-order valence-electron chi connectivity index (χ4n) is 1.97. The maximum Gasteiger partial charge on any atom is 0.402 e. The first-order valence-corrected chi connectivity index (χ1v) is 7.88. The number of carboxylic acid groups (broad SMARTS) is 1. The van der Waals surface area contributed by atoms with Gasteiger partial charge < -0.3 is 22.3 Å². The molecule has 2 aromatic rings. The summed E-state index contributed by atoms with van der Waals surface area (Å²) in [5.74, 6) is 0. The lowest BCUT2D eigenvalue weighted by atomic mass is 10.1. The van der Waals surface area contributed by atoms with Crippen LogP contribution >= 0.6 is 0 Å². The number of benzene rings is 2. The van der Waals surface area contributed by atoms with Gasteiger partial charge in [0.1, 0.15) is 0 Å². The Labute approximate surface area is 144 Å². The van der Waals surface area contributed by atoms with Crippen molar-refractivity contribution < 1.29 is 9.90 Å². The quantitative estimate of drug-likeness (QED) is 0.689. The lowest BCUT2D eigenvalue weighted by Crippen LogP contribution is -2.17. The molecule has 0 saturated carbocycles. The van der Waals surface area contributed by atoms with Gasteiger partial charge in [-0.15, -0.1) is 0 Å². The van der Waals surface area contributed by atoms with Gasteiger partial charge in [0.05, 0.1) is 0 Å². The monoisotopic (exact) mass is 331 g/mol. The van der Waals surface area contributed by atoms with Crippen LogP contribution in [0.2, 0.25) is 0 Å². The van der Waals surface area contributed by atoms with E-state index in [0.29, 0.717) is 0 Å². The lowest BCUT2D eigenvalue weighted by molar-refractivity contribution is 0.205. The Bertz CT molecular complexity index is 494. The molecule has 5 heteroatoms. The van der Waals surface area contributed by atoms with Crippen molar-refractivity contribution in [3.05, 3.63) is 71.8 Å². The van der Waals surface area contributed by atoms with Gasteiger partial charge in [-0.2, -0.15) is 0 Å². The van der Waals surface area contributed by atoms with Crippen molar-refractivity contribution in [3.8, 4) is 0 Å². The summed E-state index contributed by atoms with van der Waals surface area (Å²) in [5.41, 5.74) is 17.9. The molecule has 0 spiro atoms. The van der Waals surface area contributed by atoms with E-state index in [1.165, 1.54) is 11.1 Å². The summed E-state index contributed by atoms with van der Waals surface area (Å²) in [6.45, 7) is 4.04. The molecule has 0 aliphatic carbocycles. The van der Waals surface area contributed by atoms with Gasteiger partial charge in [-0.3, -0.25) is 0 Å². The van der Waals surface area contributed by atoms with E-state index in [1.807, 2.05) is 50.2 Å². The Morgan fingerprint density at radius 3 is 1.29 bits per heavy atom. The minimum Gasteiger partial charge on any atom is -0.465 e.